The van der Waals surface area contributed by atoms with Crippen LogP contribution in [-0.4, -0.2) is 45.7 Å². The molecule has 2 heterocycles. The summed E-state index contributed by atoms with van der Waals surface area (Å²) in [7, 11) is 1.68. The maximum absolute atomic E-state index is 6.69. The van der Waals surface area contributed by atoms with Crippen LogP contribution in [0.2, 0.25) is 0 Å². The van der Waals surface area contributed by atoms with Crippen molar-refractivity contribution in [2.75, 3.05) is 33.5 Å². The largest absolute Gasteiger partial charge is 0.490 e. The zero-order valence-electron chi connectivity index (χ0n) is 20.1. The van der Waals surface area contributed by atoms with E-state index < -0.39 is 0 Å². The lowest BCUT2D eigenvalue weighted by Gasteiger charge is -2.34. The molecule has 0 aromatic heterocycles. The molecule has 2 unspecified atom stereocenters. The first-order valence-electron chi connectivity index (χ1n) is 12.4. The molecular weight excluding hydrogens is 519 g/mol. The molecule has 0 amide bonds. The molecule has 1 aromatic carbocycles. The Morgan fingerprint density at radius 3 is 2.09 bits per heavy atom. The van der Waals surface area contributed by atoms with Gasteiger partial charge in [0.05, 0.1) is 35.6 Å². The Morgan fingerprint density at radius 2 is 1.44 bits per heavy atom. The van der Waals surface area contributed by atoms with Crippen LogP contribution in [0.3, 0.4) is 0 Å². The summed E-state index contributed by atoms with van der Waals surface area (Å²) in [5.41, 5.74) is 3.49. The fourth-order valence-electron chi connectivity index (χ4n) is 4.84. The smallest absolute Gasteiger partial charge is 0.185 e. The number of rotatable bonds is 8. The van der Waals surface area contributed by atoms with Crippen LogP contribution in [0.5, 0.6) is 5.75 Å². The zero-order valence-corrected chi connectivity index (χ0v) is 22.3. The van der Waals surface area contributed by atoms with Gasteiger partial charge in [-0.15, -0.1) is 0 Å². The second-order valence-corrected chi connectivity index (χ2v) is 10.3. The van der Waals surface area contributed by atoms with E-state index in [0.717, 1.165) is 46.1 Å². The summed E-state index contributed by atoms with van der Waals surface area (Å²) in [6, 6.07) is 2.20. The molecule has 2 saturated heterocycles. The molecule has 32 heavy (non-hydrogen) atoms. The zero-order chi connectivity index (χ0) is 22.8. The normalized spacial score (nSPS) is 25.1. The van der Waals surface area contributed by atoms with Crippen molar-refractivity contribution < 1.29 is 23.7 Å². The third kappa shape index (κ3) is 7.83. The van der Waals surface area contributed by atoms with E-state index in [9.17, 15) is 0 Å². The van der Waals surface area contributed by atoms with E-state index in [-0.39, 0.29) is 18.5 Å². The second kappa shape index (κ2) is 14.1. The van der Waals surface area contributed by atoms with Gasteiger partial charge in [0.25, 0.3) is 0 Å². The molecule has 5 nitrogen and oxygen atoms in total. The Bertz CT molecular complexity index is 673. The summed E-state index contributed by atoms with van der Waals surface area (Å²) in [5, 5.41) is 0. The van der Waals surface area contributed by atoms with E-state index in [1.54, 1.807) is 7.11 Å². The standard InChI is InChI=1S/C26H41IO5/c1-19-18-23(27)25(30-17-16-29-15-14-28-3)20(2)24(19)26-31-21-10-7-5-4-6-8-11-22(32-26)13-9-12-21/h18,21-22,26H,4-17H2,1-3H3. The van der Waals surface area contributed by atoms with Crippen LogP contribution in [0, 0.1) is 17.4 Å². The summed E-state index contributed by atoms with van der Waals surface area (Å²) >= 11 is 2.37. The van der Waals surface area contributed by atoms with Gasteiger partial charge in [0.15, 0.2) is 6.29 Å². The van der Waals surface area contributed by atoms with Gasteiger partial charge in [-0.2, -0.15) is 0 Å². The highest BCUT2D eigenvalue weighted by atomic mass is 127. The van der Waals surface area contributed by atoms with E-state index in [0.29, 0.717) is 26.4 Å². The van der Waals surface area contributed by atoms with Crippen molar-refractivity contribution in [3.05, 3.63) is 26.3 Å². The van der Waals surface area contributed by atoms with Crippen molar-refractivity contribution in [2.24, 2.45) is 0 Å². The number of halogens is 1. The van der Waals surface area contributed by atoms with Gasteiger partial charge in [-0.1, -0.05) is 32.1 Å². The van der Waals surface area contributed by atoms with Crippen LogP contribution in [0.4, 0.5) is 0 Å². The van der Waals surface area contributed by atoms with Gasteiger partial charge in [0, 0.05) is 18.2 Å². The Kier molecular flexibility index (Phi) is 11.5. The van der Waals surface area contributed by atoms with Crippen molar-refractivity contribution in [2.45, 2.75) is 96.6 Å². The highest BCUT2D eigenvalue weighted by Crippen LogP contribution is 2.39. The fourth-order valence-corrected chi connectivity index (χ4v) is 5.87. The van der Waals surface area contributed by atoms with Gasteiger partial charge >= 0.3 is 0 Å². The number of hydrogen-bond donors (Lipinski definition) is 0. The van der Waals surface area contributed by atoms with Crippen molar-refractivity contribution in [1.82, 2.24) is 0 Å². The van der Waals surface area contributed by atoms with Crippen molar-refractivity contribution in [3.63, 3.8) is 0 Å². The molecule has 1 aromatic rings. The number of fused-ring (bicyclic) bond motifs is 10. The molecule has 2 bridgehead atoms. The van der Waals surface area contributed by atoms with Crippen LogP contribution in [0.1, 0.15) is 87.2 Å². The molecule has 1 aliphatic carbocycles. The first kappa shape index (κ1) is 26.2. The topological polar surface area (TPSA) is 46.2 Å². The van der Waals surface area contributed by atoms with Crippen molar-refractivity contribution in [3.8, 4) is 5.75 Å². The van der Waals surface area contributed by atoms with E-state index in [2.05, 4.69) is 42.5 Å². The predicted octanol–water partition coefficient (Wildman–Crippen LogP) is 6.65. The van der Waals surface area contributed by atoms with Crippen LogP contribution in [-0.2, 0) is 18.9 Å². The SMILES string of the molecule is COCCOCCOc1c(I)cc(C)c(C2OC3CCCCCCCC(CCC3)O2)c1C. The van der Waals surface area contributed by atoms with E-state index in [1.165, 1.54) is 44.1 Å². The van der Waals surface area contributed by atoms with Crippen LogP contribution < -0.4 is 4.74 Å². The third-order valence-electron chi connectivity index (χ3n) is 6.61. The minimum absolute atomic E-state index is 0.275. The Hall–Kier alpha value is -0.410. The van der Waals surface area contributed by atoms with Crippen LogP contribution >= 0.6 is 22.6 Å². The Balaban J connectivity index is 1.78. The third-order valence-corrected chi connectivity index (χ3v) is 7.41. The van der Waals surface area contributed by atoms with Gasteiger partial charge in [-0.3, -0.25) is 0 Å². The Morgan fingerprint density at radius 1 is 0.844 bits per heavy atom. The van der Waals surface area contributed by atoms with Gasteiger partial charge in [0.1, 0.15) is 12.4 Å². The molecule has 2 aliphatic heterocycles. The van der Waals surface area contributed by atoms with Crippen molar-refractivity contribution >= 4 is 22.6 Å². The Labute approximate surface area is 208 Å². The number of aryl methyl sites for hydroxylation is 1. The molecular formula is C26H41IO5. The lowest BCUT2D eigenvalue weighted by Crippen LogP contribution is -2.28. The molecule has 0 radical (unpaired) electrons. The first-order chi connectivity index (χ1) is 15.6. The van der Waals surface area contributed by atoms with E-state index in [4.69, 9.17) is 23.7 Å². The van der Waals surface area contributed by atoms with Crippen molar-refractivity contribution in [1.29, 1.82) is 0 Å². The monoisotopic (exact) mass is 560 g/mol. The fraction of sp³-hybridized carbons (Fsp3) is 0.769. The average Bonchev–Trinajstić information content (AvgIpc) is 2.73. The minimum atomic E-state index is -0.318. The minimum Gasteiger partial charge on any atom is -0.490 e. The average molecular weight is 561 g/mol. The summed E-state index contributed by atoms with van der Waals surface area (Å²) in [6.07, 6.45) is 12.5. The first-order valence-corrected chi connectivity index (χ1v) is 13.5. The van der Waals surface area contributed by atoms with Gasteiger partial charge in [-0.05, 0) is 80.2 Å². The summed E-state index contributed by atoms with van der Waals surface area (Å²) < 4.78 is 31.3. The molecule has 1 saturated carbocycles. The highest BCUT2D eigenvalue weighted by molar-refractivity contribution is 14.1. The van der Waals surface area contributed by atoms with Gasteiger partial charge < -0.3 is 23.7 Å². The molecule has 4 rings (SSSR count). The quantitative estimate of drug-likeness (QED) is 0.263. The lowest BCUT2D eigenvalue weighted by atomic mass is 9.96. The van der Waals surface area contributed by atoms with E-state index >= 15 is 0 Å². The molecule has 6 heteroatoms. The summed E-state index contributed by atoms with van der Waals surface area (Å²) in [5.74, 6) is 0.921. The second-order valence-electron chi connectivity index (χ2n) is 9.12. The van der Waals surface area contributed by atoms with Crippen LogP contribution in [0.25, 0.3) is 0 Å². The van der Waals surface area contributed by atoms with E-state index in [1.807, 2.05) is 0 Å². The van der Waals surface area contributed by atoms with Gasteiger partial charge in [-0.25, -0.2) is 0 Å². The molecule has 3 aliphatic rings. The summed E-state index contributed by atoms with van der Waals surface area (Å²) in [6.45, 7) is 6.56. The maximum atomic E-state index is 6.69. The van der Waals surface area contributed by atoms with Crippen LogP contribution in [0.15, 0.2) is 6.07 Å². The molecule has 2 atom stereocenters. The highest BCUT2D eigenvalue weighted by Gasteiger charge is 2.30. The molecule has 0 N–H and O–H groups in total. The number of benzene rings is 1. The summed E-state index contributed by atoms with van der Waals surface area (Å²) in [4.78, 5) is 0. The van der Waals surface area contributed by atoms with Gasteiger partial charge in [0.2, 0.25) is 0 Å². The molecule has 0 spiro atoms. The number of methoxy groups -OCH3 is 1. The molecule has 3 fully saturated rings. The molecule has 182 valence electrons. The number of ether oxygens (including phenoxy) is 5. The number of hydrogen-bond acceptors (Lipinski definition) is 5. The predicted molar refractivity (Wildman–Crippen MR) is 135 cm³/mol. The maximum Gasteiger partial charge on any atom is 0.185 e. The lowest BCUT2D eigenvalue weighted by molar-refractivity contribution is -0.215.